The van der Waals surface area contributed by atoms with Gasteiger partial charge in [-0.15, -0.1) is 0 Å². The molecule has 0 saturated heterocycles. The number of thioether (sulfide) groups is 1. The van der Waals surface area contributed by atoms with Crippen molar-refractivity contribution >= 4 is 43.9 Å². The molecule has 38 heavy (non-hydrogen) atoms. The van der Waals surface area contributed by atoms with Gasteiger partial charge in [-0.2, -0.15) is 0 Å². The van der Waals surface area contributed by atoms with E-state index in [1.807, 2.05) is 0 Å². The Kier molecular flexibility index (Phi) is 11.3. The van der Waals surface area contributed by atoms with E-state index in [-0.39, 0.29) is 23.7 Å². The number of carbonyl (C=O) groups is 2. The number of nitrogens with zero attached hydrogens (tertiary/aromatic N) is 3. The van der Waals surface area contributed by atoms with Crippen LogP contribution < -0.4 is 15.2 Å². The van der Waals surface area contributed by atoms with Gasteiger partial charge in [-0.05, 0) is 38.1 Å². The molecule has 1 aromatic carbocycles. The number of anilines is 1. The first-order chi connectivity index (χ1) is 17.9. The summed E-state index contributed by atoms with van der Waals surface area (Å²) in [6, 6.07) is 4.86. The van der Waals surface area contributed by atoms with Gasteiger partial charge in [-0.25, -0.2) is 19.3 Å². The number of aromatic nitrogens is 2. The molecule has 0 unspecified atom stereocenters. The van der Waals surface area contributed by atoms with Crippen LogP contribution in [-0.2, 0) is 25.2 Å². The summed E-state index contributed by atoms with van der Waals surface area (Å²) in [6.07, 6.45) is 3.24. The first-order valence-corrected chi connectivity index (χ1v) is 13.3. The van der Waals surface area contributed by atoms with Crippen molar-refractivity contribution in [2.75, 3.05) is 26.6 Å². The summed E-state index contributed by atoms with van der Waals surface area (Å²) in [4.78, 5) is 51.9. The minimum atomic E-state index is -4.79. The normalized spacial score (nSPS) is 12.5. The number of aliphatic carboxylic acids is 1. The molecule has 0 radical (unpaired) electrons. The number of hydrogen-bond acceptors (Lipinski definition) is 10. The first kappa shape index (κ1) is 30.8. The molecule has 0 aliphatic rings. The highest BCUT2D eigenvalue weighted by molar-refractivity contribution is 8.07. The second-order valence-electron chi connectivity index (χ2n) is 7.67. The lowest BCUT2D eigenvalue weighted by molar-refractivity contribution is -0.131. The lowest BCUT2D eigenvalue weighted by Crippen LogP contribution is -2.22. The van der Waals surface area contributed by atoms with Crippen molar-refractivity contribution in [3.63, 3.8) is 0 Å². The number of nitrogens with two attached hydrogens (primary N) is 1. The van der Waals surface area contributed by atoms with Crippen molar-refractivity contribution in [1.82, 2.24) is 14.9 Å². The summed E-state index contributed by atoms with van der Waals surface area (Å²) in [7, 11) is -1.89. The van der Waals surface area contributed by atoms with Crippen LogP contribution in [0, 0.1) is 6.92 Å². The van der Waals surface area contributed by atoms with Gasteiger partial charge in [-0.1, -0.05) is 11.8 Å². The maximum absolute atomic E-state index is 12.2. The molecule has 206 valence electrons. The summed E-state index contributed by atoms with van der Waals surface area (Å²) >= 11 is 0.794. The third-order valence-electron chi connectivity index (χ3n) is 5.08. The fourth-order valence-corrected chi connectivity index (χ4v) is 4.46. The third kappa shape index (κ3) is 9.15. The zero-order chi connectivity index (χ0) is 28.5. The molecule has 0 bridgehead atoms. The fourth-order valence-electron chi connectivity index (χ4n) is 3.14. The Labute approximate surface area is 223 Å². The topological polar surface area (TPSA) is 195 Å². The molecule has 5 N–H and O–H groups in total. The molecule has 15 heteroatoms. The SMILES string of the molecule is COc1ccc(OC)c(/C=C(/S/C(CCOP(=O)(O)O)=C(/C)N(C=O)Cc2cnc(C)nc2N)C(=O)O)c1. The van der Waals surface area contributed by atoms with Crippen molar-refractivity contribution in [1.29, 1.82) is 0 Å². The number of benzene rings is 1. The Balaban J connectivity index is 2.53. The van der Waals surface area contributed by atoms with Gasteiger partial charge < -0.3 is 35.0 Å². The minimum Gasteiger partial charge on any atom is -0.497 e. The van der Waals surface area contributed by atoms with Gasteiger partial charge in [-0.3, -0.25) is 9.32 Å². The number of carbonyl (C=O) groups excluding carboxylic acids is 1. The van der Waals surface area contributed by atoms with Crippen LogP contribution in [0.3, 0.4) is 0 Å². The molecule has 1 amide bonds. The van der Waals surface area contributed by atoms with E-state index in [4.69, 9.17) is 25.0 Å². The standard InChI is InChI=1S/C23H29N4O9PS/c1-14(27(13-28)12-17-11-25-15(2)26-22(17)24)20(7-8-36-37(31,32)33)38-21(23(29)30)10-16-9-18(34-3)5-6-19(16)35-4/h5-6,9-11,13H,7-8,12H2,1-4H3,(H,29,30)(H2,24,25,26)(H2,31,32,33)/b20-14-,21-10+. The molecule has 13 nitrogen and oxygen atoms in total. The van der Waals surface area contributed by atoms with Crippen LogP contribution >= 0.6 is 19.6 Å². The number of hydrogen-bond donors (Lipinski definition) is 4. The molecule has 0 saturated carbocycles. The van der Waals surface area contributed by atoms with Gasteiger partial charge in [0.25, 0.3) is 0 Å². The lowest BCUT2D eigenvalue weighted by atomic mass is 10.1. The van der Waals surface area contributed by atoms with Crippen LogP contribution in [0.25, 0.3) is 6.08 Å². The zero-order valence-corrected chi connectivity index (χ0v) is 22.9. The Morgan fingerprint density at radius 1 is 1.26 bits per heavy atom. The summed E-state index contributed by atoms with van der Waals surface area (Å²) in [5.74, 6) is 0.203. The van der Waals surface area contributed by atoms with Gasteiger partial charge >= 0.3 is 13.8 Å². The van der Waals surface area contributed by atoms with Crippen LogP contribution in [-0.4, -0.2) is 63.0 Å². The van der Waals surface area contributed by atoms with Crippen LogP contribution in [0.4, 0.5) is 5.82 Å². The largest absolute Gasteiger partial charge is 0.497 e. The molecule has 2 rings (SSSR count). The molecular weight excluding hydrogens is 539 g/mol. The number of phosphoric acid groups is 1. The fraction of sp³-hybridized carbons (Fsp3) is 0.304. The van der Waals surface area contributed by atoms with Crippen LogP contribution in [0.1, 0.15) is 30.3 Å². The van der Waals surface area contributed by atoms with Crippen molar-refractivity contribution < 1.29 is 43.0 Å². The summed E-state index contributed by atoms with van der Waals surface area (Å²) < 4.78 is 26.3. The molecule has 1 heterocycles. The number of carboxylic acid groups (broad SMARTS) is 1. The molecule has 0 aliphatic carbocycles. The monoisotopic (exact) mass is 568 g/mol. The molecule has 2 aromatic rings. The van der Waals surface area contributed by atoms with Crippen molar-refractivity contribution in [2.24, 2.45) is 0 Å². The summed E-state index contributed by atoms with van der Waals surface area (Å²) in [5, 5.41) is 9.95. The molecule has 0 atom stereocenters. The Morgan fingerprint density at radius 2 is 1.97 bits per heavy atom. The molecule has 0 aliphatic heterocycles. The number of amides is 1. The first-order valence-electron chi connectivity index (χ1n) is 10.9. The number of methoxy groups -OCH3 is 2. The second-order valence-corrected chi connectivity index (χ2v) is 10.0. The maximum Gasteiger partial charge on any atom is 0.469 e. The number of phosphoric ester groups is 1. The van der Waals surface area contributed by atoms with E-state index in [9.17, 15) is 19.3 Å². The highest BCUT2D eigenvalue weighted by atomic mass is 32.2. The lowest BCUT2D eigenvalue weighted by Gasteiger charge is -2.22. The Morgan fingerprint density at radius 3 is 2.53 bits per heavy atom. The predicted molar refractivity (Wildman–Crippen MR) is 141 cm³/mol. The second kappa shape index (κ2) is 13.9. The maximum atomic E-state index is 12.2. The molecule has 1 aromatic heterocycles. The summed E-state index contributed by atoms with van der Waals surface area (Å²) in [6.45, 7) is 2.75. The highest BCUT2D eigenvalue weighted by Gasteiger charge is 2.21. The molecule has 0 fully saturated rings. The smallest absolute Gasteiger partial charge is 0.469 e. The predicted octanol–water partition coefficient (Wildman–Crippen LogP) is 2.93. The highest BCUT2D eigenvalue weighted by Crippen LogP contribution is 2.39. The number of carboxylic acids is 1. The quantitative estimate of drug-likeness (QED) is 0.148. The van der Waals surface area contributed by atoms with E-state index in [0.29, 0.717) is 45.5 Å². The summed E-state index contributed by atoms with van der Waals surface area (Å²) in [5.41, 5.74) is 7.13. The number of allylic oxidation sites excluding steroid dienone is 1. The van der Waals surface area contributed by atoms with Crippen LogP contribution in [0.2, 0.25) is 0 Å². The van der Waals surface area contributed by atoms with Gasteiger partial charge in [0.05, 0.1) is 32.3 Å². The third-order valence-corrected chi connectivity index (χ3v) is 6.85. The van der Waals surface area contributed by atoms with E-state index in [1.165, 1.54) is 31.4 Å². The Hall–Kier alpha value is -3.42. The van der Waals surface area contributed by atoms with Gasteiger partial charge in [0.15, 0.2) is 0 Å². The van der Waals surface area contributed by atoms with Gasteiger partial charge in [0, 0.05) is 34.3 Å². The van der Waals surface area contributed by atoms with E-state index in [2.05, 4.69) is 14.5 Å². The number of nitrogen functional groups attached to an aromatic ring is 1. The minimum absolute atomic E-state index is 0.0271. The van der Waals surface area contributed by atoms with Crippen LogP contribution in [0.15, 0.2) is 39.9 Å². The average molecular weight is 569 g/mol. The Bertz CT molecular complexity index is 1280. The molecule has 0 spiro atoms. The van der Waals surface area contributed by atoms with Gasteiger partial charge in [0.2, 0.25) is 6.41 Å². The van der Waals surface area contributed by atoms with E-state index < -0.39 is 20.4 Å². The number of rotatable bonds is 14. The zero-order valence-electron chi connectivity index (χ0n) is 21.2. The average Bonchev–Trinajstić information content (AvgIpc) is 2.85. The number of aryl methyl sites for hydroxylation is 1. The van der Waals surface area contributed by atoms with Crippen molar-refractivity contribution in [3.8, 4) is 11.5 Å². The van der Waals surface area contributed by atoms with Crippen molar-refractivity contribution in [3.05, 3.63) is 56.9 Å². The van der Waals surface area contributed by atoms with E-state index >= 15 is 0 Å². The van der Waals surface area contributed by atoms with E-state index in [0.717, 1.165) is 11.8 Å². The van der Waals surface area contributed by atoms with Crippen molar-refractivity contribution in [2.45, 2.75) is 26.8 Å². The van der Waals surface area contributed by atoms with Gasteiger partial charge in [0.1, 0.15) is 23.1 Å². The van der Waals surface area contributed by atoms with Crippen LogP contribution in [0.5, 0.6) is 11.5 Å². The van der Waals surface area contributed by atoms with E-state index in [1.54, 1.807) is 32.0 Å². The molecular formula is C23H29N4O9PS. The number of ether oxygens (including phenoxy) is 2.